The molecule has 0 aromatic heterocycles. The molecule has 1 aromatic carbocycles. The van der Waals surface area contributed by atoms with E-state index in [-0.39, 0.29) is 6.04 Å². The maximum absolute atomic E-state index is 12.4. The number of nitrogens with one attached hydrogen (secondary N) is 1. The summed E-state index contributed by atoms with van der Waals surface area (Å²) in [5.74, 6) is 0. The Morgan fingerprint density at radius 1 is 1.22 bits per heavy atom. The van der Waals surface area contributed by atoms with Crippen LogP contribution in [0, 0.1) is 0 Å². The van der Waals surface area contributed by atoms with E-state index in [2.05, 4.69) is 23.5 Å². The molecule has 1 N–H and O–H groups in total. The third kappa shape index (κ3) is 4.67. The number of hydrogen-bond donors (Lipinski definition) is 1. The molecule has 2 rings (SSSR count). The van der Waals surface area contributed by atoms with Crippen LogP contribution < -0.4 is 4.72 Å². The molecule has 1 unspecified atom stereocenters. The molecule has 1 aliphatic heterocycles. The van der Waals surface area contributed by atoms with Gasteiger partial charge in [-0.25, -0.2) is 4.72 Å². The molecule has 0 amide bonds. The Morgan fingerprint density at radius 3 is 2.39 bits per heavy atom. The lowest BCUT2D eigenvalue weighted by Crippen LogP contribution is -2.43. The standard InChI is InChI=1S/C16H26ClN3O2S/c1-3-19(4-2)16(14-9-5-6-10-15(14)17)13-18-23(21,22)20-11-7-8-12-20/h5-6,9-10,16,18H,3-4,7-8,11-13H2,1-2H3. The van der Waals surface area contributed by atoms with Gasteiger partial charge in [-0.05, 0) is 37.6 Å². The number of hydrogen-bond acceptors (Lipinski definition) is 3. The Kier molecular flexibility index (Phi) is 6.85. The monoisotopic (exact) mass is 359 g/mol. The Balaban J connectivity index is 2.17. The molecule has 1 aromatic rings. The average molecular weight is 360 g/mol. The van der Waals surface area contributed by atoms with Gasteiger partial charge in [-0.2, -0.15) is 12.7 Å². The molecule has 0 spiro atoms. The van der Waals surface area contributed by atoms with E-state index in [9.17, 15) is 8.42 Å². The van der Waals surface area contributed by atoms with Gasteiger partial charge in [0.1, 0.15) is 0 Å². The highest BCUT2D eigenvalue weighted by Crippen LogP contribution is 2.27. The predicted octanol–water partition coefficient (Wildman–Crippen LogP) is 2.65. The molecule has 1 saturated heterocycles. The normalized spacial score (nSPS) is 17.7. The van der Waals surface area contributed by atoms with Crippen LogP contribution in [0.3, 0.4) is 0 Å². The van der Waals surface area contributed by atoms with Crippen LogP contribution in [0.2, 0.25) is 5.02 Å². The zero-order valence-electron chi connectivity index (χ0n) is 13.8. The molecular formula is C16H26ClN3O2S. The first-order valence-corrected chi connectivity index (χ1v) is 10.0. The van der Waals surface area contributed by atoms with Crippen molar-refractivity contribution in [2.75, 3.05) is 32.7 Å². The predicted molar refractivity (Wildman–Crippen MR) is 94.8 cm³/mol. The maximum Gasteiger partial charge on any atom is 0.279 e. The largest absolute Gasteiger partial charge is 0.296 e. The van der Waals surface area contributed by atoms with Crippen LogP contribution in [0.15, 0.2) is 24.3 Å². The van der Waals surface area contributed by atoms with Crippen molar-refractivity contribution < 1.29 is 8.42 Å². The van der Waals surface area contributed by atoms with Crippen molar-refractivity contribution in [3.63, 3.8) is 0 Å². The number of likely N-dealkylation sites (N-methyl/N-ethyl adjacent to an activating group) is 1. The molecular weight excluding hydrogens is 334 g/mol. The van der Waals surface area contributed by atoms with Gasteiger partial charge in [0.25, 0.3) is 10.2 Å². The maximum atomic E-state index is 12.4. The van der Waals surface area contributed by atoms with E-state index in [1.807, 2.05) is 24.3 Å². The second-order valence-corrected chi connectivity index (χ2v) is 7.88. The third-order valence-corrected chi connectivity index (χ3v) is 6.30. The van der Waals surface area contributed by atoms with E-state index in [0.717, 1.165) is 31.5 Å². The minimum Gasteiger partial charge on any atom is -0.296 e. The van der Waals surface area contributed by atoms with Crippen LogP contribution in [0.4, 0.5) is 0 Å². The van der Waals surface area contributed by atoms with Crippen LogP contribution in [-0.2, 0) is 10.2 Å². The fourth-order valence-corrected chi connectivity index (χ4v) is 4.60. The fourth-order valence-electron chi connectivity index (χ4n) is 3.05. The van der Waals surface area contributed by atoms with Gasteiger partial charge in [0.2, 0.25) is 0 Å². The van der Waals surface area contributed by atoms with Crippen LogP contribution in [0.5, 0.6) is 0 Å². The summed E-state index contributed by atoms with van der Waals surface area (Å²) in [6.45, 7) is 7.35. The van der Waals surface area contributed by atoms with Crippen molar-refractivity contribution in [3.05, 3.63) is 34.9 Å². The summed E-state index contributed by atoms with van der Waals surface area (Å²) in [5, 5.41) is 0.671. The summed E-state index contributed by atoms with van der Waals surface area (Å²) in [7, 11) is -3.41. The summed E-state index contributed by atoms with van der Waals surface area (Å²) in [5.41, 5.74) is 0.960. The topological polar surface area (TPSA) is 52.7 Å². The lowest BCUT2D eigenvalue weighted by Gasteiger charge is -2.31. The zero-order valence-corrected chi connectivity index (χ0v) is 15.4. The number of nitrogens with zero attached hydrogens (tertiary/aromatic N) is 2. The van der Waals surface area contributed by atoms with Crippen LogP contribution in [0.25, 0.3) is 0 Å². The van der Waals surface area contributed by atoms with Crippen LogP contribution in [-0.4, -0.2) is 50.3 Å². The van der Waals surface area contributed by atoms with E-state index in [0.29, 0.717) is 24.7 Å². The van der Waals surface area contributed by atoms with E-state index in [1.165, 1.54) is 4.31 Å². The molecule has 0 saturated carbocycles. The average Bonchev–Trinajstić information content (AvgIpc) is 3.08. The van der Waals surface area contributed by atoms with Crippen molar-refractivity contribution in [2.24, 2.45) is 0 Å². The van der Waals surface area contributed by atoms with Crippen LogP contribution in [0.1, 0.15) is 38.3 Å². The first-order valence-electron chi connectivity index (χ1n) is 8.22. The van der Waals surface area contributed by atoms with Crippen molar-refractivity contribution >= 4 is 21.8 Å². The van der Waals surface area contributed by atoms with Crippen molar-refractivity contribution in [3.8, 4) is 0 Å². The molecule has 1 fully saturated rings. The highest BCUT2D eigenvalue weighted by molar-refractivity contribution is 7.87. The van der Waals surface area contributed by atoms with Gasteiger partial charge in [0, 0.05) is 30.7 Å². The molecule has 1 aliphatic rings. The Labute approximate surface area is 144 Å². The summed E-state index contributed by atoms with van der Waals surface area (Å²) < 4.78 is 29.1. The highest BCUT2D eigenvalue weighted by atomic mass is 35.5. The zero-order chi connectivity index (χ0) is 16.9. The Morgan fingerprint density at radius 2 is 1.83 bits per heavy atom. The molecule has 0 aliphatic carbocycles. The molecule has 1 atom stereocenters. The van der Waals surface area contributed by atoms with Gasteiger partial charge in [-0.3, -0.25) is 4.90 Å². The van der Waals surface area contributed by atoms with E-state index in [4.69, 9.17) is 11.6 Å². The quantitative estimate of drug-likeness (QED) is 0.776. The first-order chi connectivity index (χ1) is 11.0. The van der Waals surface area contributed by atoms with Gasteiger partial charge in [0.15, 0.2) is 0 Å². The Hall–Kier alpha value is -0.660. The van der Waals surface area contributed by atoms with Crippen LogP contribution >= 0.6 is 11.6 Å². The molecule has 7 heteroatoms. The van der Waals surface area contributed by atoms with Crippen molar-refractivity contribution in [2.45, 2.75) is 32.7 Å². The van der Waals surface area contributed by atoms with Gasteiger partial charge >= 0.3 is 0 Å². The molecule has 0 bridgehead atoms. The fraction of sp³-hybridized carbons (Fsp3) is 0.625. The first kappa shape index (κ1) is 18.7. The SMILES string of the molecule is CCN(CC)C(CNS(=O)(=O)N1CCCC1)c1ccccc1Cl. The molecule has 130 valence electrons. The lowest BCUT2D eigenvalue weighted by atomic mass is 10.1. The van der Waals surface area contributed by atoms with E-state index in [1.54, 1.807) is 0 Å². The molecule has 1 heterocycles. The minimum atomic E-state index is -3.41. The van der Waals surface area contributed by atoms with E-state index >= 15 is 0 Å². The van der Waals surface area contributed by atoms with Gasteiger partial charge < -0.3 is 0 Å². The van der Waals surface area contributed by atoms with Gasteiger partial charge in [-0.1, -0.05) is 43.6 Å². The van der Waals surface area contributed by atoms with E-state index < -0.39 is 10.2 Å². The van der Waals surface area contributed by atoms with Gasteiger partial charge in [0.05, 0.1) is 0 Å². The second-order valence-electron chi connectivity index (χ2n) is 5.72. The Bertz CT molecular complexity index is 599. The summed E-state index contributed by atoms with van der Waals surface area (Å²) in [6, 6.07) is 7.57. The summed E-state index contributed by atoms with van der Waals surface area (Å²) in [4.78, 5) is 2.22. The summed E-state index contributed by atoms with van der Waals surface area (Å²) >= 11 is 6.34. The summed E-state index contributed by atoms with van der Waals surface area (Å²) in [6.07, 6.45) is 1.87. The molecule has 0 radical (unpaired) electrons. The number of halogens is 1. The molecule has 23 heavy (non-hydrogen) atoms. The van der Waals surface area contributed by atoms with Gasteiger partial charge in [-0.15, -0.1) is 0 Å². The van der Waals surface area contributed by atoms with Crippen molar-refractivity contribution in [1.29, 1.82) is 0 Å². The van der Waals surface area contributed by atoms with Crippen molar-refractivity contribution in [1.82, 2.24) is 13.9 Å². The number of benzene rings is 1. The molecule has 5 nitrogen and oxygen atoms in total. The smallest absolute Gasteiger partial charge is 0.279 e. The third-order valence-electron chi connectivity index (χ3n) is 4.38. The number of rotatable bonds is 8. The second kappa shape index (κ2) is 8.44. The lowest BCUT2D eigenvalue weighted by molar-refractivity contribution is 0.219. The minimum absolute atomic E-state index is 0.0731. The highest BCUT2D eigenvalue weighted by Gasteiger charge is 2.28.